The van der Waals surface area contributed by atoms with Crippen molar-refractivity contribution in [3.63, 3.8) is 0 Å². The number of aromatic nitrogens is 5. The highest BCUT2D eigenvalue weighted by atomic mass is 16.5. The molecule has 0 saturated carbocycles. The molecule has 3 aromatic heterocycles. The van der Waals surface area contributed by atoms with E-state index in [1.54, 1.807) is 6.20 Å². The third-order valence-electron chi connectivity index (χ3n) is 5.89. The number of carbonyl (C=O) groups is 1. The van der Waals surface area contributed by atoms with Crippen LogP contribution < -0.4 is 10.6 Å². The predicted octanol–water partition coefficient (Wildman–Crippen LogP) is 2.95. The van der Waals surface area contributed by atoms with E-state index in [9.17, 15) is 4.79 Å². The van der Waals surface area contributed by atoms with Crippen LogP contribution in [0, 0.1) is 0 Å². The summed E-state index contributed by atoms with van der Waals surface area (Å²) in [5.74, 6) is 0.468. The van der Waals surface area contributed by atoms with Crippen LogP contribution in [0.5, 0.6) is 0 Å². The number of nitrogens with one attached hydrogen (secondary N) is 2. The average molecular weight is 462 g/mol. The van der Waals surface area contributed by atoms with Crippen LogP contribution in [-0.2, 0) is 29.0 Å². The lowest BCUT2D eigenvalue weighted by molar-refractivity contribution is -0.120. The Kier molecular flexibility index (Phi) is 6.48. The lowest BCUT2D eigenvalue weighted by Crippen LogP contribution is -2.28. The van der Waals surface area contributed by atoms with Crippen molar-refractivity contribution in [2.75, 3.05) is 18.5 Å². The van der Waals surface area contributed by atoms with Gasteiger partial charge in [0.15, 0.2) is 11.5 Å². The van der Waals surface area contributed by atoms with Crippen molar-refractivity contribution in [2.24, 2.45) is 0 Å². The second-order valence-electron chi connectivity index (χ2n) is 8.23. The maximum absolute atomic E-state index is 12.4. The third-order valence-corrected chi connectivity index (χ3v) is 5.89. The molecule has 1 aliphatic heterocycles. The zero-order valence-electron chi connectivity index (χ0n) is 19.0. The van der Waals surface area contributed by atoms with E-state index < -0.39 is 0 Å². The number of nitrogens with zero attached hydrogens (tertiary/aromatic N) is 5. The van der Waals surface area contributed by atoms with Gasteiger partial charge in [0, 0.05) is 38.5 Å². The smallest absolute Gasteiger partial charge is 0.261 e. The molecule has 1 aliphatic rings. The number of aryl methyl sites for hydroxylation is 1. The Morgan fingerprint density at radius 2 is 2.00 bits per heavy atom. The summed E-state index contributed by atoms with van der Waals surface area (Å²) in [6, 6.07) is 10.0. The van der Waals surface area contributed by atoms with E-state index in [2.05, 4.69) is 30.9 Å². The van der Waals surface area contributed by atoms with E-state index >= 15 is 0 Å². The Morgan fingerprint density at radius 3 is 2.79 bits per heavy atom. The maximum atomic E-state index is 12.4. The molecular weight excluding hydrogens is 434 g/mol. The summed E-state index contributed by atoms with van der Waals surface area (Å²) in [7, 11) is 0. The van der Waals surface area contributed by atoms with Gasteiger partial charge < -0.3 is 19.9 Å². The highest BCUT2D eigenvalue weighted by Crippen LogP contribution is 2.34. The van der Waals surface area contributed by atoms with Crippen molar-refractivity contribution >= 4 is 22.6 Å². The number of hydrogen-bond donors (Lipinski definition) is 2. The Hall–Kier alpha value is -3.79. The molecule has 4 aromatic rings. The molecule has 176 valence electrons. The summed E-state index contributed by atoms with van der Waals surface area (Å²) in [6.07, 6.45) is 5.38. The van der Waals surface area contributed by atoms with Gasteiger partial charge >= 0.3 is 0 Å². The van der Waals surface area contributed by atoms with E-state index in [4.69, 9.17) is 9.26 Å². The summed E-state index contributed by atoms with van der Waals surface area (Å²) in [5.41, 5.74) is 3.37. The summed E-state index contributed by atoms with van der Waals surface area (Å²) in [6.45, 7) is 4.64. The topological polar surface area (TPSA) is 120 Å². The number of carbonyl (C=O) groups excluding carboxylic acids is 1. The number of hydrogen-bond acceptors (Lipinski definition) is 8. The number of fused-ring (bicyclic) bond motifs is 1. The SMILES string of the molecule is CCn1ncc2c(NC3CCOCC3)c(-c3nc(CC(=O)NCc4ccccc4)no3)cnc21. The van der Waals surface area contributed by atoms with Crippen LogP contribution in [0.15, 0.2) is 47.2 Å². The van der Waals surface area contributed by atoms with Crippen molar-refractivity contribution in [2.45, 2.75) is 45.3 Å². The summed E-state index contributed by atoms with van der Waals surface area (Å²) >= 11 is 0. The minimum atomic E-state index is -0.172. The van der Waals surface area contributed by atoms with Crippen LogP contribution in [0.2, 0.25) is 0 Å². The molecular formula is C24H27N7O3. The van der Waals surface area contributed by atoms with Gasteiger partial charge in [0.2, 0.25) is 5.91 Å². The fraction of sp³-hybridized carbons (Fsp3) is 0.375. The van der Waals surface area contributed by atoms with Gasteiger partial charge in [-0.05, 0) is 25.3 Å². The molecule has 0 spiro atoms. The zero-order chi connectivity index (χ0) is 23.3. The quantitative estimate of drug-likeness (QED) is 0.411. The van der Waals surface area contributed by atoms with Crippen molar-refractivity contribution in [3.8, 4) is 11.5 Å². The first-order valence-electron chi connectivity index (χ1n) is 11.5. The van der Waals surface area contributed by atoms with Gasteiger partial charge in [-0.1, -0.05) is 35.5 Å². The first kappa shape index (κ1) is 22.0. The fourth-order valence-corrected chi connectivity index (χ4v) is 4.06. The lowest BCUT2D eigenvalue weighted by atomic mass is 10.1. The first-order valence-corrected chi connectivity index (χ1v) is 11.5. The monoisotopic (exact) mass is 461 g/mol. The second kappa shape index (κ2) is 10.0. The van der Waals surface area contributed by atoms with Gasteiger partial charge in [0.1, 0.15) is 0 Å². The van der Waals surface area contributed by atoms with Crippen molar-refractivity contribution < 1.29 is 14.1 Å². The first-order chi connectivity index (χ1) is 16.7. The van der Waals surface area contributed by atoms with Crippen LogP contribution >= 0.6 is 0 Å². The highest BCUT2D eigenvalue weighted by Gasteiger charge is 2.23. The second-order valence-corrected chi connectivity index (χ2v) is 8.23. The van der Waals surface area contributed by atoms with E-state index in [1.807, 2.05) is 48.1 Å². The Labute approximate surface area is 196 Å². The Bertz CT molecular complexity index is 1260. The molecule has 0 unspecified atom stereocenters. The molecule has 10 heteroatoms. The Morgan fingerprint density at radius 1 is 1.18 bits per heavy atom. The average Bonchev–Trinajstić information content (AvgIpc) is 3.51. The number of rotatable bonds is 8. The minimum absolute atomic E-state index is 0.0303. The van der Waals surface area contributed by atoms with Gasteiger partial charge in [0.05, 0.1) is 29.3 Å². The molecule has 10 nitrogen and oxygen atoms in total. The van der Waals surface area contributed by atoms with E-state index in [1.165, 1.54) is 0 Å². The number of ether oxygens (including phenoxy) is 1. The summed E-state index contributed by atoms with van der Waals surface area (Å²) in [5, 5.41) is 15.9. The molecule has 1 saturated heterocycles. The molecule has 1 amide bonds. The molecule has 1 aromatic carbocycles. The molecule has 4 heterocycles. The van der Waals surface area contributed by atoms with Gasteiger partial charge in [-0.3, -0.25) is 4.79 Å². The molecule has 2 N–H and O–H groups in total. The van der Waals surface area contributed by atoms with Gasteiger partial charge in [-0.2, -0.15) is 10.1 Å². The van der Waals surface area contributed by atoms with Crippen molar-refractivity contribution in [1.29, 1.82) is 0 Å². The van der Waals surface area contributed by atoms with Crippen molar-refractivity contribution in [1.82, 2.24) is 30.2 Å². The molecule has 5 rings (SSSR count). The molecule has 0 bridgehead atoms. The standard InChI is InChI=1S/C24H27N7O3/c1-2-31-23-18(15-27-31)22(28-17-8-10-33-11-9-17)19(14-26-23)24-29-20(30-34-24)12-21(32)25-13-16-6-4-3-5-7-16/h3-7,14-15,17H,2,8-13H2,1H3,(H,25,32)(H,26,28). The minimum Gasteiger partial charge on any atom is -0.381 e. The van der Waals surface area contributed by atoms with Crippen LogP contribution in [-0.4, -0.2) is 50.1 Å². The molecule has 0 aliphatic carbocycles. The zero-order valence-corrected chi connectivity index (χ0v) is 19.0. The molecule has 34 heavy (non-hydrogen) atoms. The largest absolute Gasteiger partial charge is 0.381 e. The van der Waals surface area contributed by atoms with Gasteiger partial charge in [0.25, 0.3) is 5.89 Å². The lowest BCUT2D eigenvalue weighted by Gasteiger charge is -2.25. The van der Waals surface area contributed by atoms with Gasteiger partial charge in [-0.25, -0.2) is 9.67 Å². The van der Waals surface area contributed by atoms with E-state index in [0.29, 0.717) is 23.8 Å². The highest BCUT2D eigenvalue weighted by molar-refractivity contribution is 5.96. The van der Waals surface area contributed by atoms with E-state index in [-0.39, 0.29) is 18.4 Å². The van der Waals surface area contributed by atoms with Crippen LogP contribution in [0.4, 0.5) is 5.69 Å². The molecule has 1 fully saturated rings. The summed E-state index contributed by atoms with van der Waals surface area (Å²) in [4.78, 5) is 21.5. The molecule has 0 atom stereocenters. The van der Waals surface area contributed by atoms with Crippen LogP contribution in [0.3, 0.4) is 0 Å². The number of benzene rings is 1. The predicted molar refractivity (Wildman–Crippen MR) is 126 cm³/mol. The molecule has 0 radical (unpaired) electrons. The van der Waals surface area contributed by atoms with Crippen molar-refractivity contribution in [3.05, 3.63) is 54.1 Å². The number of anilines is 1. The normalized spacial score (nSPS) is 14.4. The third kappa shape index (κ3) is 4.76. The van der Waals surface area contributed by atoms with E-state index in [0.717, 1.165) is 54.9 Å². The van der Waals surface area contributed by atoms with Gasteiger partial charge in [-0.15, -0.1) is 0 Å². The number of amides is 1. The number of pyridine rings is 1. The van der Waals surface area contributed by atoms with Crippen LogP contribution in [0.1, 0.15) is 31.2 Å². The fourth-order valence-electron chi connectivity index (χ4n) is 4.06. The van der Waals surface area contributed by atoms with Crippen LogP contribution in [0.25, 0.3) is 22.5 Å². The summed E-state index contributed by atoms with van der Waals surface area (Å²) < 4.78 is 12.9. The Balaban J connectivity index is 1.37. The maximum Gasteiger partial charge on any atom is 0.261 e.